The highest BCUT2D eigenvalue weighted by Crippen LogP contribution is 2.65. The van der Waals surface area contributed by atoms with Crippen molar-refractivity contribution in [3.8, 4) is 5.75 Å². The average molecular weight is 470 g/mol. The molecule has 2 aliphatic rings. The van der Waals surface area contributed by atoms with E-state index in [1.165, 1.54) is 0 Å². The predicted octanol–water partition coefficient (Wildman–Crippen LogP) is 5.23. The van der Waals surface area contributed by atoms with Crippen molar-refractivity contribution in [3.05, 3.63) is 93.2 Å². The summed E-state index contributed by atoms with van der Waals surface area (Å²) in [4.78, 5) is 8.98. The summed E-state index contributed by atoms with van der Waals surface area (Å²) in [6.07, 6.45) is 2.11. The molecule has 1 fully saturated rings. The summed E-state index contributed by atoms with van der Waals surface area (Å²) < 4.78 is 7.59. The van der Waals surface area contributed by atoms with Crippen LogP contribution in [0.4, 0.5) is 0 Å². The Hall–Kier alpha value is -2.21. The van der Waals surface area contributed by atoms with E-state index in [0.29, 0.717) is 28.6 Å². The number of fused-ring (bicyclic) bond motifs is 3. The van der Waals surface area contributed by atoms with E-state index < -0.39 is 11.2 Å². The molecule has 3 aromatic rings. The second-order valence-corrected chi connectivity index (χ2v) is 8.75. The van der Waals surface area contributed by atoms with Crippen molar-refractivity contribution < 1.29 is 9.84 Å². The van der Waals surface area contributed by atoms with Crippen LogP contribution in [0.25, 0.3) is 0 Å². The Balaban J connectivity index is 1.84. The number of halogens is 2. The quantitative estimate of drug-likeness (QED) is 0.559. The van der Waals surface area contributed by atoms with Crippen LogP contribution in [-0.4, -0.2) is 22.8 Å². The first-order valence-electron chi connectivity index (χ1n) is 9.35. The van der Waals surface area contributed by atoms with E-state index in [2.05, 4.69) is 38.0 Å². The molecule has 6 heteroatoms. The Labute approximate surface area is 182 Å². The lowest BCUT2D eigenvalue weighted by molar-refractivity contribution is -0.0753. The van der Waals surface area contributed by atoms with Crippen molar-refractivity contribution >= 4 is 33.2 Å². The molecule has 5 rings (SSSR count). The summed E-state index contributed by atoms with van der Waals surface area (Å²) in [7, 11) is 1.71. The number of hydrogen-bond acceptors (Lipinski definition) is 4. The van der Waals surface area contributed by atoms with Gasteiger partial charge in [-0.2, -0.15) is 0 Å². The topological polar surface area (TPSA) is 54.7 Å². The largest absolute Gasteiger partial charge is 0.476 e. The zero-order valence-electron chi connectivity index (χ0n) is 15.6. The molecule has 0 bridgehead atoms. The monoisotopic (exact) mass is 468 g/mol. The maximum Gasteiger partial charge on any atom is 0.192 e. The molecule has 2 aromatic carbocycles. The van der Waals surface area contributed by atoms with Crippen molar-refractivity contribution in [3.63, 3.8) is 0 Å². The van der Waals surface area contributed by atoms with Crippen molar-refractivity contribution in [1.29, 1.82) is 0 Å². The minimum atomic E-state index is -1.49. The maximum atomic E-state index is 12.3. The van der Waals surface area contributed by atoms with Gasteiger partial charge >= 0.3 is 0 Å². The van der Waals surface area contributed by atoms with E-state index in [1.54, 1.807) is 19.3 Å². The first-order valence-corrected chi connectivity index (χ1v) is 10.5. The molecule has 3 atom stereocenters. The zero-order chi connectivity index (χ0) is 20.2. The van der Waals surface area contributed by atoms with Crippen LogP contribution in [0.5, 0.6) is 5.75 Å². The van der Waals surface area contributed by atoms with Crippen LogP contribution in [0.2, 0.25) is 5.02 Å². The van der Waals surface area contributed by atoms with E-state index in [1.807, 2.05) is 42.5 Å². The molecule has 1 saturated carbocycles. The Morgan fingerprint density at radius 3 is 2.59 bits per heavy atom. The average Bonchev–Trinajstić information content (AvgIpc) is 3.13. The number of aliphatic hydroxyl groups is 1. The molecule has 29 heavy (non-hydrogen) atoms. The zero-order valence-corrected chi connectivity index (χ0v) is 18.0. The fraction of sp³-hybridized carbons (Fsp3) is 0.217. The Morgan fingerprint density at radius 2 is 1.90 bits per heavy atom. The van der Waals surface area contributed by atoms with Crippen LogP contribution in [0.3, 0.4) is 0 Å². The van der Waals surface area contributed by atoms with Crippen LogP contribution in [0, 0.1) is 0 Å². The van der Waals surface area contributed by atoms with E-state index in [9.17, 15) is 5.11 Å². The molecule has 146 valence electrons. The van der Waals surface area contributed by atoms with Gasteiger partial charge in [0.1, 0.15) is 11.4 Å². The first-order chi connectivity index (χ1) is 14.0. The van der Waals surface area contributed by atoms with Gasteiger partial charge in [0.25, 0.3) is 0 Å². The standard InChI is InChI=1S/C23H18BrClN2O2/c1-26-20-12-18(14-5-3-2-4-6-14)23(15-7-9-16(24)10-8-15)22(20,28)21-19(29-23)11-17(25)13-27-21/h2-11,13,18,28H,12H2,1H3/b26-20+/t18?,22?,23-/m0/s1. The summed E-state index contributed by atoms with van der Waals surface area (Å²) >= 11 is 9.70. The van der Waals surface area contributed by atoms with Crippen molar-refractivity contribution in [1.82, 2.24) is 4.98 Å². The summed E-state index contributed by atoms with van der Waals surface area (Å²) in [5, 5.41) is 12.7. The smallest absolute Gasteiger partial charge is 0.192 e. The number of benzene rings is 2. The number of ether oxygens (including phenoxy) is 1. The van der Waals surface area contributed by atoms with E-state index in [4.69, 9.17) is 16.3 Å². The summed E-state index contributed by atoms with van der Waals surface area (Å²) in [6.45, 7) is 0. The third-order valence-electron chi connectivity index (χ3n) is 6.02. The highest BCUT2D eigenvalue weighted by atomic mass is 79.9. The minimum absolute atomic E-state index is 0.151. The summed E-state index contributed by atoms with van der Waals surface area (Å²) in [5.74, 6) is 0.339. The van der Waals surface area contributed by atoms with Crippen molar-refractivity contribution in [2.45, 2.75) is 23.5 Å². The van der Waals surface area contributed by atoms with E-state index in [0.717, 1.165) is 15.6 Å². The second kappa shape index (κ2) is 6.66. The third-order valence-corrected chi connectivity index (χ3v) is 6.76. The predicted molar refractivity (Wildman–Crippen MR) is 117 cm³/mol. The highest BCUT2D eigenvalue weighted by Gasteiger charge is 2.72. The van der Waals surface area contributed by atoms with Crippen LogP contribution < -0.4 is 4.74 Å². The molecule has 4 nitrogen and oxygen atoms in total. The fourth-order valence-electron chi connectivity index (χ4n) is 4.81. The number of aliphatic imine (C=N–C) groups is 1. The van der Waals surface area contributed by atoms with Gasteiger partial charge in [-0.05, 0) is 29.7 Å². The molecule has 0 saturated heterocycles. The lowest BCUT2D eigenvalue weighted by Gasteiger charge is -2.39. The van der Waals surface area contributed by atoms with Gasteiger partial charge in [0.05, 0.1) is 10.7 Å². The van der Waals surface area contributed by atoms with E-state index in [-0.39, 0.29) is 5.92 Å². The summed E-state index contributed by atoms with van der Waals surface area (Å²) in [6, 6.07) is 19.7. The van der Waals surface area contributed by atoms with Gasteiger partial charge in [-0.3, -0.25) is 9.98 Å². The SMILES string of the molecule is C/N=C1\CC(c2ccccc2)[C@]2(c3ccc(Br)cc3)Oc3cc(Cl)cnc3C12O. The van der Waals surface area contributed by atoms with Gasteiger partial charge < -0.3 is 9.84 Å². The molecule has 1 aromatic heterocycles. The van der Waals surface area contributed by atoms with Gasteiger partial charge in [-0.1, -0.05) is 70.0 Å². The van der Waals surface area contributed by atoms with Crippen LogP contribution >= 0.6 is 27.5 Å². The molecule has 2 heterocycles. The Bertz CT molecular complexity index is 1120. The molecule has 1 aliphatic heterocycles. The maximum absolute atomic E-state index is 12.3. The number of hydrogen-bond donors (Lipinski definition) is 1. The number of nitrogens with zero attached hydrogens (tertiary/aromatic N) is 2. The van der Waals surface area contributed by atoms with Crippen LogP contribution in [-0.2, 0) is 11.2 Å². The van der Waals surface area contributed by atoms with Crippen LogP contribution in [0.1, 0.15) is 29.2 Å². The molecule has 2 unspecified atom stereocenters. The Kier molecular flexibility index (Phi) is 4.32. The molecule has 0 radical (unpaired) electrons. The van der Waals surface area contributed by atoms with Crippen molar-refractivity contribution in [2.75, 3.05) is 7.05 Å². The Morgan fingerprint density at radius 1 is 1.17 bits per heavy atom. The number of rotatable bonds is 2. The lowest BCUT2D eigenvalue weighted by atomic mass is 9.72. The first kappa shape index (κ1) is 18.8. The van der Waals surface area contributed by atoms with Gasteiger partial charge in [0, 0.05) is 29.7 Å². The van der Waals surface area contributed by atoms with Gasteiger partial charge in [-0.15, -0.1) is 0 Å². The second-order valence-electron chi connectivity index (χ2n) is 7.39. The summed E-state index contributed by atoms with van der Waals surface area (Å²) in [5.41, 5.74) is 0.475. The molecule has 1 N–H and O–H groups in total. The molecular formula is C23H18BrClN2O2. The van der Waals surface area contributed by atoms with Crippen molar-refractivity contribution in [2.24, 2.45) is 4.99 Å². The number of pyridine rings is 1. The van der Waals surface area contributed by atoms with E-state index >= 15 is 0 Å². The molecule has 0 spiro atoms. The normalized spacial score (nSPS) is 28.8. The molecule has 0 amide bonds. The van der Waals surface area contributed by atoms with Gasteiger partial charge in [-0.25, -0.2) is 0 Å². The van der Waals surface area contributed by atoms with Gasteiger partial charge in [0.15, 0.2) is 11.2 Å². The lowest BCUT2D eigenvalue weighted by Crippen LogP contribution is -2.51. The highest BCUT2D eigenvalue weighted by molar-refractivity contribution is 9.10. The molecule has 1 aliphatic carbocycles. The molecular weight excluding hydrogens is 452 g/mol. The third kappa shape index (κ3) is 2.48. The van der Waals surface area contributed by atoms with Crippen LogP contribution in [0.15, 0.2) is 76.3 Å². The minimum Gasteiger partial charge on any atom is -0.476 e. The van der Waals surface area contributed by atoms with Gasteiger partial charge in [0.2, 0.25) is 0 Å². The number of aromatic nitrogens is 1. The fourth-order valence-corrected chi connectivity index (χ4v) is 5.22.